The van der Waals surface area contributed by atoms with Crippen LogP contribution in [0.5, 0.6) is 0 Å². The SMILES string of the molecule is Cc1cc2[nH]c(-c3cccc(NC(=O)c4ccc(F)cc4)c3)nc2cc1Cl. The average molecular weight is 380 g/mol. The van der Waals surface area contributed by atoms with Gasteiger partial charge in [-0.3, -0.25) is 4.79 Å². The molecule has 0 saturated heterocycles. The number of halogens is 2. The molecule has 3 aromatic carbocycles. The van der Waals surface area contributed by atoms with Gasteiger partial charge in [-0.1, -0.05) is 23.7 Å². The minimum absolute atomic E-state index is 0.306. The van der Waals surface area contributed by atoms with Gasteiger partial charge < -0.3 is 10.3 Å². The third-order valence-electron chi connectivity index (χ3n) is 4.26. The van der Waals surface area contributed by atoms with Crippen molar-refractivity contribution in [1.82, 2.24) is 9.97 Å². The number of carbonyl (C=O) groups excluding carboxylic acids is 1. The van der Waals surface area contributed by atoms with E-state index in [4.69, 9.17) is 11.6 Å². The quantitative estimate of drug-likeness (QED) is 0.488. The van der Waals surface area contributed by atoms with E-state index in [-0.39, 0.29) is 11.7 Å². The second-order valence-corrected chi connectivity index (χ2v) is 6.65. The van der Waals surface area contributed by atoms with Crippen LogP contribution in [0.25, 0.3) is 22.4 Å². The number of nitrogens with one attached hydrogen (secondary N) is 2. The van der Waals surface area contributed by atoms with E-state index in [1.807, 2.05) is 37.3 Å². The lowest BCUT2D eigenvalue weighted by Crippen LogP contribution is -2.11. The van der Waals surface area contributed by atoms with E-state index in [9.17, 15) is 9.18 Å². The summed E-state index contributed by atoms with van der Waals surface area (Å²) in [6, 6.07) is 16.5. The second-order valence-electron chi connectivity index (χ2n) is 6.25. The number of amides is 1. The van der Waals surface area contributed by atoms with Crippen LogP contribution < -0.4 is 5.32 Å². The van der Waals surface area contributed by atoms with Gasteiger partial charge in [-0.05, 0) is 61.0 Å². The molecule has 0 saturated carbocycles. The van der Waals surface area contributed by atoms with Crippen LogP contribution >= 0.6 is 11.6 Å². The predicted molar refractivity (Wildman–Crippen MR) is 106 cm³/mol. The molecule has 0 aliphatic rings. The van der Waals surface area contributed by atoms with Crippen molar-refractivity contribution in [2.75, 3.05) is 5.32 Å². The molecule has 1 heterocycles. The van der Waals surface area contributed by atoms with Gasteiger partial charge in [0, 0.05) is 21.8 Å². The number of imidazole rings is 1. The summed E-state index contributed by atoms with van der Waals surface area (Å²) in [5, 5.41) is 3.48. The van der Waals surface area contributed by atoms with Gasteiger partial charge in [0.25, 0.3) is 5.91 Å². The summed E-state index contributed by atoms with van der Waals surface area (Å²) in [4.78, 5) is 20.2. The van der Waals surface area contributed by atoms with Crippen LogP contribution in [0.1, 0.15) is 15.9 Å². The highest BCUT2D eigenvalue weighted by Gasteiger charge is 2.10. The van der Waals surface area contributed by atoms with E-state index in [0.717, 1.165) is 22.2 Å². The lowest BCUT2D eigenvalue weighted by Gasteiger charge is -2.06. The molecule has 27 heavy (non-hydrogen) atoms. The Bertz CT molecular complexity index is 1110. The molecule has 134 valence electrons. The molecule has 6 heteroatoms. The zero-order valence-corrected chi connectivity index (χ0v) is 15.1. The number of H-pyrrole nitrogens is 1. The Labute approximate surface area is 160 Å². The summed E-state index contributed by atoms with van der Waals surface area (Å²) in [5.41, 5.74) is 4.48. The van der Waals surface area contributed by atoms with E-state index in [1.165, 1.54) is 24.3 Å². The molecule has 0 aliphatic carbocycles. The van der Waals surface area contributed by atoms with E-state index in [2.05, 4.69) is 15.3 Å². The number of rotatable bonds is 3. The summed E-state index contributed by atoms with van der Waals surface area (Å²) in [7, 11) is 0. The standard InChI is InChI=1S/C21H15ClFN3O/c1-12-9-18-19(11-17(12)22)26-20(25-18)14-3-2-4-16(10-14)24-21(27)13-5-7-15(23)8-6-13/h2-11H,1H3,(H,24,27)(H,25,26). The Kier molecular flexibility index (Phi) is 4.38. The molecule has 4 aromatic rings. The van der Waals surface area contributed by atoms with Gasteiger partial charge in [-0.25, -0.2) is 9.37 Å². The number of hydrogen-bond acceptors (Lipinski definition) is 2. The first-order chi connectivity index (χ1) is 13.0. The molecule has 0 radical (unpaired) electrons. The number of fused-ring (bicyclic) bond motifs is 1. The molecule has 4 nitrogen and oxygen atoms in total. The van der Waals surface area contributed by atoms with Gasteiger partial charge in [0.15, 0.2) is 0 Å². The number of carbonyl (C=O) groups is 1. The van der Waals surface area contributed by atoms with Gasteiger partial charge in [0.05, 0.1) is 11.0 Å². The Morgan fingerprint density at radius 1 is 1.11 bits per heavy atom. The number of hydrogen-bond donors (Lipinski definition) is 2. The zero-order valence-electron chi connectivity index (χ0n) is 14.4. The predicted octanol–water partition coefficient (Wildman–Crippen LogP) is 5.58. The molecule has 1 aromatic heterocycles. The van der Waals surface area contributed by atoms with Crippen LogP contribution in [0.4, 0.5) is 10.1 Å². The first-order valence-corrected chi connectivity index (χ1v) is 8.70. The number of nitrogens with zero attached hydrogens (tertiary/aromatic N) is 1. The van der Waals surface area contributed by atoms with E-state index >= 15 is 0 Å². The minimum Gasteiger partial charge on any atom is -0.338 e. The summed E-state index contributed by atoms with van der Waals surface area (Å²) < 4.78 is 13.0. The molecule has 4 rings (SSSR count). The van der Waals surface area contributed by atoms with Crippen molar-refractivity contribution < 1.29 is 9.18 Å². The van der Waals surface area contributed by atoms with Crippen molar-refractivity contribution in [2.45, 2.75) is 6.92 Å². The van der Waals surface area contributed by atoms with Crippen molar-refractivity contribution in [1.29, 1.82) is 0 Å². The Hall–Kier alpha value is -3.18. The van der Waals surface area contributed by atoms with Gasteiger partial charge >= 0.3 is 0 Å². The first-order valence-electron chi connectivity index (χ1n) is 8.33. The molecule has 0 spiro atoms. The van der Waals surface area contributed by atoms with Crippen molar-refractivity contribution >= 4 is 34.2 Å². The van der Waals surface area contributed by atoms with Gasteiger partial charge in [0.2, 0.25) is 0 Å². The van der Waals surface area contributed by atoms with Crippen molar-refractivity contribution in [3.8, 4) is 11.4 Å². The Morgan fingerprint density at radius 2 is 1.89 bits per heavy atom. The second kappa shape index (κ2) is 6.85. The largest absolute Gasteiger partial charge is 0.338 e. The normalized spacial score (nSPS) is 10.9. The topological polar surface area (TPSA) is 57.8 Å². The van der Waals surface area contributed by atoms with Crippen LogP contribution in [0.2, 0.25) is 5.02 Å². The summed E-state index contributed by atoms with van der Waals surface area (Å²) >= 11 is 6.17. The third-order valence-corrected chi connectivity index (χ3v) is 4.67. The maximum Gasteiger partial charge on any atom is 0.255 e. The highest BCUT2D eigenvalue weighted by atomic mass is 35.5. The third kappa shape index (κ3) is 3.55. The Morgan fingerprint density at radius 3 is 2.67 bits per heavy atom. The Balaban J connectivity index is 1.62. The minimum atomic E-state index is -0.381. The van der Waals surface area contributed by atoms with E-state index < -0.39 is 0 Å². The molecule has 2 N–H and O–H groups in total. The van der Waals surface area contributed by atoms with Crippen LogP contribution in [-0.4, -0.2) is 15.9 Å². The van der Waals surface area contributed by atoms with Crippen molar-refractivity contribution in [3.63, 3.8) is 0 Å². The van der Waals surface area contributed by atoms with Crippen LogP contribution in [0, 0.1) is 12.7 Å². The molecule has 0 aliphatic heterocycles. The lowest BCUT2D eigenvalue weighted by atomic mass is 10.1. The maximum absolute atomic E-state index is 13.0. The van der Waals surface area contributed by atoms with E-state index in [0.29, 0.717) is 22.1 Å². The summed E-state index contributed by atoms with van der Waals surface area (Å²) in [6.07, 6.45) is 0. The highest BCUT2D eigenvalue weighted by Crippen LogP contribution is 2.26. The van der Waals surface area contributed by atoms with E-state index in [1.54, 1.807) is 6.07 Å². The number of aromatic amines is 1. The van der Waals surface area contributed by atoms with Gasteiger partial charge in [-0.15, -0.1) is 0 Å². The number of aryl methyl sites for hydroxylation is 1. The number of anilines is 1. The molecule has 0 bridgehead atoms. The molecular formula is C21H15ClFN3O. The monoisotopic (exact) mass is 379 g/mol. The fraction of sp³-hybridized carbons (Fsp3) is 0.0476. The van der Waals surface area contributed by atoms with Crippen LogP contribution in [0.3, 0.4) is 0 Å². The van der Waals surface area contributed by atoms with Crippen LogP contribution in [0.15, 0.2) is 60.7 Å². The molecule has 1 amide bonds. The molecule has 0 fully saturated rings. The molecular weight excluding hydrogens is 365 g/mol. The summed E-state index contributed by atoms with van der Waals surface area (Å²) in [5.74, 6) is -0.00233. The highest BCUT2D eigenvalue weighted by molar-refractivity contribution is 6.32. The van der Waals surface area contributed by atoms with Gasteiger partial charge in [0.1, 0.15) is 11.6 Å². The smallest absolute Gasteiger partial charge is 0.255 e. The number of benzene rings is 3. The molecule has 0 atom stereocenters. The van der Waals surface area contributed by atoms with Crippen molar-refractivity contribution in [3.05, 3.63) is 82.6 Å². The number of aromatic nitrogens is 2. The van der Waals surface area contributed by atoms with Crippen LogP contribution in [-0.2, 0) is 0 Å². The first kappa shape index (κ1) is 17.2. The fourth-order valence-corrected chi connectivity index (χ4v) is 2.98. The maximum atomic E-state index is 13.0. The zero-order chi connectivity index (χ0) is 19.0. The van der Waals surface area contributed by atoms with Gasteiger partial charge in [-0.2, -0.15) is 0 Å². The fourth-order valence-electron chi connectivity index (χ4n) is 2.83. The van der Waals surface area contributed by atoms with Crippen molar-refractivity contribution in [2.24, 2.45) is 0 Å². The molecule has 0 unspecified atom stereocenters. The average Bonchev–Trinajstić information content (AvgIpc) is 3.05. The lowest BCUT2D eigenvalue weighted by molar-refractivity contribution is 0.102. The summed E-state index contributed by atoms with van der Waals surface area (Å²) in [6.45, 7) is 1.94.